The van der Waals surface area contributed by atoms with Gasteiger partial charge < -0.3 is 4.98 Å². The van der Waals surface area contributed by atoms with E-state index in [0.29, 0.717) is 0 Å². The van der Waals surface area contributed by atoms with E-state index in [9.17, 15) is 0 Å². The summed E-state index contributed by atoms with van der Waals surface area (Å²) in [5.41, 5.74) is 6.68. The van der Waals surface area contributed by atoms with Crippen LogP contribution in [0.1, 0.15) is 11.1 Å². The molecule has 0 radical (unpaired) electrons. The van der Waals surface area contributed by atoms with Crippen molar-refractivity contribution in [3.8, 4) is 22.5 Å². The minimum absolute atomic E-state index is 0.948. The highest BCUT2D eigenvalue weighted by atomic mass is 14.9. The molecule has 0 bridgehead atoms. The number of aromatic amines is 1. The molecule has 1 aliphatic rings. The van der Waals surface area contributed by atoms with Crippen molar-refractivity contribution < 1.29 is 0 Å². The lowest BCUT2D eigenvalue weighted by molar-refractivity contribution is 1.26. The van der Waals surface area contributed by atoms with E-state index in [1.165, 1.54) is 27.8 Å². The summed E-state index contributed by atoms with van der Waals surface area (Å²) in [4.78, 5) is 7.58. The number of rotatable bonds is 1. The third-order valence-electron chi connectivity index (χ3n) is 3.57. The van der Waals surface area contributed by atoms with Gasteiger partial charge in [-0.1, -0.05) is 42.5 Å². The second kappa shape index (κ2) is 3.57. The molecule has 18 heavy (non-hydrogen) atoms. The molecule has 0 unspecified atom stereocenters. The van der Waals surface area contributed by atoms with E-state index >= 15 is 0 Å². The Kier molecular flexibility index (Phi) is 1.92. The molecular formula is C16H12N2. The number of nitrogens with one attached hydrogen (secondary N) is 1. The van der Waals surface area contributed by atoms with Crippen LogP contribution in [-0.2, 0) is 6.42 Å². The molecule has 0 spiro atoms. The Morgan fingerprint density at radius 3 is 2.61 bits per heavy atom. The van der Waals surface area contributed by atoms with Crippen LogP contribution in [0.2, 0.25) is 0 Å². The lowest BCUT2D eigenvalue weighted by atomic mass is 9.99. The summed E-state index contributed by atoms with van der Waals surface area (Å²) in [5.74, 6) is 0.948. The molecule has 0 atom stereocenters. The lowest BCUT2D eigenvalue weighted by Crippen LogP contribution is -1.87. The topological polar surface area (TPSA) is 28.7 Å². The highest BCUT2D eigenvalue weighted by Crippen LogP contribution is 2.41. The van der Waals surface area contributed by atoms with E-state index in [-0.39, 0.29) is 0 Å². The van der Waals surface area contributed by atoms with Gasteiger partial charge in [-0.2, -0.15) is 0 Å². The maximum Gasteiger partial charge on any atom is 0.137 e. The second-order valence-electron chi connectivity index (χ2n) is 4.61. The summed E-state index contributed by atoms with van der Waals surface area (Å²) < 4.78 is 0. The van der Waals surface area contributed by atoms with E-state index in [4.69, 9.17) is 0 Å². The van der Waals surface area contributed by atoms with Gasteiger partial charge in [-0.15, -0.1) is 0 Å². The van der Waals surface area contributed by atoms with Gasteiger partial charge in [-0.25, -0.2) is 4.98 Å². The molecule has 1 N–H and O–H groups in total. The lowest BCUT2D eigenvalue weighted by Gasteiger charge is -2.07. The summed E-state index contributed by atoms with van der Waals surface area (Å²) in [5, 5.41) is 0. The number of benzene rings is 2. The van der Waals surface area contributed by atoms with Crippen molar-refractivity contribution in [2.45, 2.75) is 6.42 Å². The fourth-order valence-electron chi connectivity index (χ4n) is 2.80. The average Bonchev–Trinajstić information content (AvgIpc) is 3.05. The Hall–Kier alpha value is -2.35. The zero-order chi connectivity index (χ0) is 11.9. The maximum atomic E-state index is 4.38. The van der Waals surface area contributed by atoms with Gasteiger partial charge >= 0.3 is 0 Å². The van der Waals surface area contributed by atoms with E-state index < -0.39 is 0 Å². The first-order valence-corrected chi connectivity index (χ1v) is 6.13. The fraction of sp³-hybridized carbons (Fsp3) is 0.0625. The number of fused-ring (bicyclic) bond motifs is 3. The molecule has 3 aromatic rings. The predicted octanol–water partition coefficient (Wildman–Crippen LogP) is 3.65. The van der Waals surface area contributed by atoms with Gasteiger partial charge in [-0.3, -0.25) is 0 Å². The van der Waals surface area contributed by atoms with Crippen molar-refractivity contribution in [1.29, 1.82) is 0 Å². The Bertz CT molecular complexity index is 712. The Morgan fingerprint density at radius 1 is 0.889 bits per heavy atom. The first-order valence-electron chi connectivity index (χ1n) is 6.13. The summed E-state index contributed by atoms with van der Waals surface area (Å²) >= 11 is 0. The maximum absolute atomic E-state index is 4.38. The van der Waals surface area contributed by atoms with Crippen molar-refractivity contribution in [2.75, 3.05) is 0 Å². The SMILES string of the molecule is c1ccc2c(c1)Cc1cccc(-c3ncc[nH]3)c1-2. The molecule has 0 saturated heterocycles. The smallest absolute Gasteiger partial charge is 0.137 e. The van der Waals surface area contributed by atoms with Crippen LogP contribution < -0.4 is 0 Å². The van der Waals surface area contributed by atoms with Crippen LogP contribution in [0.4, 0.5) is 0 Å². The molecule has 1 aliphatic carbocycles. The van der Waals surface area contributed by atoms with Crippen LogP contribution in [-0.4, -0.2) is 9.97 Å². The zero-order valence-electron chi connectivity index (χ0n) is 9.85. The van der Waals surface area contributed by atoms with E-state index in [1.54, 1.807) is 6.20 Å². The van der Waals surface area contributed by atoms with Crippen molar-refractivity contribution in [1.82, 2.24) is 9.97 Å². The van der Waals surface area contributed by atoms with Crippen LogP contribution in [0, 0.1) is 0 Å². The molecule has 2 heteroatoms. The van der Waals surface area contributed by atoms with Crippen LogP contribution >= 0.6 is 0 Å². The molecule has 0 fully saturated rings. The number of hydrogen-bond acceptors (Lipinski definition) is 1. The monoisotopic (exact) mass is 232 g/mol. The number of nitrogens with zero attached hydrogens (tertiary/aromatic N) is 1. The van der Waals surface area contributed by atoms with Gasteiger partial charge in [0.15, 0.2) is 0 Å². The van der Waals surface area contributed by atoms with Crippen LogP contribution in [0.3, 0.4) is 0 Å². The van der Waals surface area contributed by atoms with Crippen LogP contribution in [0.25, 0.3) is 22.5 Å². The van der Waals surface area contributed by atoms with Crippen LogP contribution in [0.15, 0.2) is 54.9 Å². The molecule has 2 nitrogen and oxygen atoms in total. The number of imidazole rings is 1. The number of H-pyrrole nitrogens is 1. The molecular weight excluding hydrogens is 220 g/mol. The molecule has 0 amide bonds. The van der Waals surface area contributed by atoms with Crippen molar-refractivity contribution >= 4 is 0 Å². The van der Waals surface area contributed by atoms with Crippen molar-refractivity contribution in [3.63, 3.8) is 0 Å². The molecule has 4 rings (SSSR count). The molecule has 86 valence electrons. The Morgan fingerprint density at radius 2 is 1.72 bits per heavy atom. The third kappa shape index (κ3) is 1.26. The largest absolute Gasteiger partial charge is 0.345 e. The van der Waals surface area contributed by atoms with E-state index in [1.807, 2.05) is 6.20 Å². The minimum atomic E-state index is 0.948. The summed E-state index contributed by atoms with van der Waals surface area (Å²) in [6.07, 6.45) is 4.70. The minimum Gasteiger partial charge on any atom is -0.345 e. The molecule has 0 saturated carbocycles. The van der Waals surface area contributed by atoms with Gasteiger partial charge in [0, 0.05) is 18.0 Å². The second-order valence-corrected chi connectivity index (χ2v) is 4.61. The molecule has 1 heterocycles. The van der Waals surface area contributed by atoms with Gasteiger partial charge in [0.05, 0.1) is 0 Å². The zero-order valence-corrected chi connectivity index (χ0v) is 9.85. The van der Waals surface area contributed by atoms with E-state index in [2.05, 4.69) is 52.4 Å². The fourth-order valence-corrected chi connectivity index (χ4v) is 2.80. The molecule has 2 aromatic carbocycles. The summed E-state index contributed by atoms with van der Waals surface area (Å²) in [6.45, 7) is 0. The van der Waals surface area contributed by atoms with E-state index in [0.717, 1.165) is 12.2 Å². The predicted molar refractivity (Wildman–Crippen MR) is 72.3 cm³/mol. The first kappa shape index (κ1) is 9.66. The quantitative estimate of drug-likeness (QED) is 0.533. The first-order chi connectivity index (χ1) is 8.93. The Labute approximate surface area is 105 Å². The number of aromatic nitrogens is 2. The standard InChI is InChI=1S/C16H12N2/c1-2-6-13-11(4-1)10-12-5-3-7-14(15(12)13)16-17-8-9-18-16/h1-9H,10H2,(H,17,18). The highest BCUT2D eigenvalue weighted by molar-refractivity contribution is 5.88. The molecule has 1 aromatic heterocycles. The average molecular weight is 232 g/mol. The highest BCUT2D eigenvalue weighted by Gasteiger charge is 2.21. The third-order valence-corrected chi connectivity index (χ3v) is 3.57. The van der Waals surface area contributed by atoms with Gasteiger partial charge in [-0.05, 0) is 28.7 Å². The van der Waals surface area contributed by atoms with Gasteiger partial charge in [0.25, 0.3) is 0 Å². The summed E-state index contributed by atoms with van der Waals surface area (Å²) in [7, 11) is 0. The van der Waals surface area contributed by atoms with Crippen molar-refractivity contribution in [2.24, 2.45) is 0 Å². The van der Waals surface area contributed by atoms with Crippen molar-refractivity contribution in [3.05, 3.63) is 66.0 Å². The number of hydrogen-bond donors (Lipinski definition) is 1. The summed E-state index contributed by atoms with van der Waals surface area (Å²) in [6, 6.07) is 15.1. The van der Waals surface area contributed by atoms with Gasteiger partial charge in [0.1, 0.15) is 5.82 Å². The van der Waals surface area contributed by atoms with Gasteiger partial charge in [0.2, 0.25) is 0 Å². The van der Waals surface area contributed by atoms with Crippen LogP contribution in [0.5, 0.6) is 0 Å². The normalized spacial score (nSPS) is 12.2. The Balaban J connectivity index is 2.03. The molecule has 0 aliphatic heterocycles.